The number of carbonyl (C=O) groups is 1. The molecule has 2 rings (SSSR count). The number of halogens is 1. The minimum absolute atomic E-state index is 0.146. The largest absolute Gasteiger partial charge is 0.497 e. The fourth-order valence-electron chi connectivity index (χ4n) is 1.73. The van der Waals surface area contributed by atoms with Crippen LogP contribution in [-0.4, -0.2) is 26.2 Å². The first kappa shape index (κ1) is 15.2. The van der Waals surface area contributed by atoms with Crippen molar-refractivity contribution in [1.82, 2.24) is 5.32 Å². The molecule has 0 fully saturated rings. The summed E-state index contributed by atoms with van der Waals surface area (Å²) in [5.41, 5.74) is 0.582. The Labute approximate surface area is 128 Å². The van der Waals surface area contributed by atoms with Crippen molar-refractivity contribution in [2.75, 3.05) is 20.3 Å². The highest BCUT2D eigenvalue weighted by atomic mass is 35.5. The molecule has 0 aliphatic carbocycles. The second-order valence-corrected chi connectivity index (χ2v) is 4.73. The summed E-state index contributed by atoms with van der Waals surface area (Å²) in [5, 5.41) is 3.40. The number of methoxy groups -OCH3 is 1. The van der Waals surface area contributed by atoms with Gasteiger partial charge in [0.2, 0.25) is 0 Å². The number of hydrogen-bond acceptors (Lipinski definition) is 3. The topological polar surface area (TPSA) is 47.6 Å². The molecule has 0 saturated carbocycles. The molecule has 1 N–H and O–H groups in total. The van der Waals surface area contributed by atoms with Crippen molar-refractivity contribution in [2.24, 2.45) is 0 Å². The van der Waals surface area contributed by atoms with Gasteiger partial charge in [0.15, 0.2) is 0 Å². The Morgan fingerprint density at radius 2 is 1.90 bits per heavy atom. The van der Waals surface area contributed by atoms with Crippen LogP contribution in [0, 0.1) is 0 Å². The van der Waals surface area contributed by atoms with E-state index < -0.39 is 0 Å². The lowest BCUT2D eigenvalue weighted by atomic mass is 10.2. The van der Waals surface area contributed by atoms with Crippen LogP contribution >= 0.6 is 11.6 Å². The Morgan fingerprint density at radius 1 is 1.14 bits per heavy atom. The number of benzene rings is 2. The average molecular weight is 306 g/mol. The standard InChI is InChI=1S/C16H16ClNO3/c1-20-14-7-5-12(6-8-14)16(19)18-9-10-21-15-4-2-3-13(17)11-15/h2-8,11H,9-10H2,1H3,(H,18,19). The van der Waals surface area contributed by atoms with E-state index in [4.69, 9.17) is 21.1 Å². The van der Waals surface area contributed by atoms with Gasteiger partial charge in [0.1, 0.15) is 18.1 Å². The van der Waals surface area contributed by atoms with E-state index in [9.17, 15) is 4.79 Å². The molecule has 0 heterocycles. The van der Waals surface area contributed by atoms with Gasteiger partial charge in [0, 0.05) is 10.6 Å². The molecule has 2 aromatic carbocycles. The molecule has 0 aliphatic rings. The molecule has 0 saturated heterocycles. The van der Waals surface area contributed by atoms with Crippen LogP contribution in [-0.2, 0) is 0 Å². The van der Waals surface area contributed by atoms with Crippen molar-refractivity contribution in [3.8, 4) is 11.5 Å². The normalized spacial score (nSPS) is 10.0. The fraction of sp³-hybridized carbons (Fsp3) is 0.188. The highest BCUT2D eigenvalue weighted by Crippen LogP contribution is 2.16. The van der Waals surface area contributed by atoms with Crippen LogP contribution in [0.2, 0.25) is 5.02 Å². The van der Waals surface area contributed by atoms with Gasteiger partial charge in [0.25, 0.3) is 5.91 Å². The van der Waals surface area contributed by atoms with Gasteiger partial charge in [-0.3, -0.25) is 4.79 Å². The van der Waals surface area contributed by atoms with E-state index in [2.05, 4.69) is 5.32 Å². The zero-order chi connectivity index (χ0) is 15.1. The van der Waals surface area contributed by atoms with E-state index in [1.54, 1.807) is 43.5 Å². The third-order valence-electron chi connectivity index (χ3n) is 2.80. The van der Waals surface area contributed by atoms with Crippen molar-refractivity contribution in [3.05, 3.63) is 59.1 Å². The quantitative estimate of drug-likeness (QED) is 0.834. The lowest BCUT2D eigenvalue weighted by molar-refractivity contribution is 0.0947. The second kappa shape index (κ2) is 7.55. The number of amides is 1. The molecule has 4 nitrogen and oxygen atoms in total. The molecule has 0 unspecified atom stereocenters. The van der Waals surface area contributed by atoms with E-state index in [1.807, 2.05) is 12.1 Å². The Kier molecular flexibility index (Phi) is 5.46. The van der Waals surface area contributed by atoms with Crippen molar-refractivity contribution in [2.45, 2.75) is 0 Å². The molecule has 0 aromatic heterocycles. The number of hydrogen-bond donors (Lipinski definition) is 1. The van der Waals surface area contributed by atoms with Crippen LogP contribution in [0.5, 0.6) is 11.5 Å². The van der Waals surface area contributed by atoms with Crippen LogP contribution in [0.15, 0.2) is 48.5 Å². The smallest absolute Gasteiger partial charge is 0.251 e. The van der Waals surface area contributed by atoms with Gasteiger partial charge in [-0.15, -0.1) is 0 Å². The third-order valence-corrected chi connectivity index (χ3v) is 3.04. The molecule has 0 atom stereocenters. The molecule has 2 aromatic rings. The SMILES string of the molecule is COc1ccc(C(=O)NCCOc2cccc(Cl)c2)cc1. The summed E-state index contributed by atoms with van der Waals surface area (Å²) in [4.78, 5) is 11.9. The van der Waals surface area contributed by atoms with Crippen molar-refractivity contribution >= 4 is 17.5 Å². The molecule has 5 heteroatoms. The predicted molar refractivity (Wildman–Crippen MR) is 82.3 cm³/mol. The summed E-state index contributed by atoms with van der Waals surface area (Å²) >= 11 is 5.85. The van der Waals surface area contributed by atoms with Gasteiger partial charge in [-0.05, 0) is 42.5 Å². The lowest BCUT2D eigenvalue weighted by Crippen LogP contribution is -2.28. The first-order valence-electron chi connectivity index (χ1n) is 6.49. The Bertz CT molecular complexity index is 599. The predicted octanol–water partition coefficient (Wildman–Crippen LogP) is 3.16. The zero-order valence-corrected chi connectivity index (χ0v) is 12.4. The number of rotatable bonds is 6. The van der Waals surface area contributed by atoms with Crippen molar-refractivity contribution < 1.29 is 14.3 Å². The van der Waals surface area contributed by atoms with Gasteiger partial charge >= 0.3 is 0 Å². The van der Waals surface area contributed by atoms with Gasteiger partial charge < -0.3 is 14.8 Å². The average Bonchev–Trinajstić information content (AvgIpc) is 2.51. The molecule has 0 radical (unpaired) electrons. The third kappa shape index (κ3) is 4.68. The molecule has 0 bridgehead atoms. The monoisotopic (exact) mass is 305 g/mol. The van der Waals surface area contributed by atoms with Crippen molar-refractivity contribution in [3.63, 3.8) is 0 Å². The number of carbonyl (C=O) groups excluding carboxylic acids is 1. The molecular weight excluding hydrogens is 290 g/mol. The Hall–Kier alpha value is -2.20. The van der Waals surface area contributed by atoms with E-state index in [-0.39, 0.29) is 5.91 Å². The van der Waals surface area contributed by atoms with E-state index in [0.717, 1.165) is 5.75 Å². The maximum atomic E-state index is 11.9. The van der Waals surface area contributed by atoms with Gasteiger partial charge in [-0.25, -0.2) is 0 Å². The molecule has 0 spiro atoms. The summed E-state index contributed by atoms with van der Waals surface area (Å²) in [6, 6.07) is 14.1. The number of nitrogens with one attached hydrogen (secondary N) is 1. The van der Waals surface area contributed by atoms with Crippen LogP contribution < -0.4 is 14.8 Å². The van der Waals surface area contributed by atoms with Crippen LogP contribution in [0.1, 0.15) is 10.4 Å². The van der Waals surface area contributed by atoms with Gasteiger partial charge in [-0.1, -0.05) is 17.7 Å². The Balaban J connectivity index is 1.76. The maximum absolute atomic E-state index is 11.9. The van der Waals surface area contributed by atoms with E-state index in [0.29, 0.717) is 29.5 Å². The lowest BCUT2D eigenvalue weighted by Gasteiger charge is -2.08. The fourth-order valence-corrected chi connectivity index (χ4v) is 1.91. The zero-order valence-electron chi connectivity index (χ0n) is 11.6. The van der Waals surface area contributed by atoms with Crippen molar-refractivity contribution in [1.29, 1.82) is 0 Å². The summed E-state index contributed by atoms with van der Waals surface area (Å²) in [6.07, 6.45) is 0. The highest BCUT2D eigenvalue weighted by molar-refractivity contribution is 6.30. The molecule has 1 amide bonds. The molecule has 110 valence electrons. The summed E-state index contributed by atoms with van der Waals surface area (Å²) < 4.78 is 10.5. The first-order valence-corrected chi connectivity index (χ1v) is 6.87. The Morgan fingerprint density at radius 3 is 2.57 bits per heavy atom. The highest BCUT2D eigenvalue weighted by Gasteiger charge is 2.04. The second-order valence-electron chi connectivity index (χ2n) is 4.29. The molecular formula is C16H16ClNO3. The summed E-state index contributed by atoms with van der Waals surface area (Å²) in [5.74, 6) is 1.25. The summed E-state index contributed by atoms with van der Waals surface area (Å²) in [6.45, 7) is 0.791. The molecule has 0 aliphatic heterocycles. The van der Waals surface area contributed by atoms with E-state index in [1.165, 1.54) is 0 Å². The minimum Gasteiger partial charge on any atom is -0.497 e. The van der Waals surface area contributed by atoms with Gasteiger partial charge in [-0.2, -0.15) is 0 Å². The van der Waals surface area contributed by atoms with Crippen LogP contribution in [0.25, 0.3) is 0 Å². The van der Waals surface area contributed by atoms with Crippen LogP contribution in [0.3, 0.4) is 0 Å². The maximum Gasteiger partial charge on any atom is 0.251 e. The van der Waals surface area contributed by atoms with E-state index >= 15 is 0 Å². The van der Waals surface area contributed by atoms with Crippen LogP contribution in [0.4, 0.5) is 0 Å². The first-order chi connectivity index (χ1) is 10.2. The number of ether oxygens (including phenoxy) is 2. The van der Waals surface area contributed by atoms with Gasteiger partial charge in [0.05, 0.1) is 13.7 Å². The minimum atomic E-state index is -0.146. The molecule has 21 heavy (non-hydrogen) atoms. The summed E-state index contributed by atoms with van der Waals surface area (Å²) in [7, 11) is 1.59.